The van der Waals surface area contributed by atoms with Crippen molar-refractivity contribution >= 4 is 5.97 Å². The molecule has 0 saturated carbocycles. The average Bonchev–Trinajstić information content (AvgIpc) is 2.39. The number of methoxy groups -OCH3 is 1. The predicted molar refractivity (Wildman–Crippen MR) is 57.8 cm³/mol. The summed E-state index contributed by atoms with van der Waals surface area (Å²) >= 11 is 0. The fourth-order valence-corrected chi connectivity index (χ4v) is 2.23. The van der Waals surface area contributed by atoms with E-state index in [1.165, 1.54) is 0 Å². The number of likely N-dealkylation sites (tertiary alicyclic amines) is 1. The molecule has 1 heterocycles. The Morgan fingerprint density at radius 1 is 1.60 bits per heavy atom. The van der Waals surface area contributed by atoms with Crippen molar-refractivity contribution < 1.29 is 14.6 Å². The lowest BCUT2D eigenvalue weighted by Gasteiger charge is -2.24. The number of aliphatic carboxylic acids is 1. The number of rotatable bonds is 5. The molecule has 0 aliphatic carbocycles. The standard InChI is InChI=1S/C11H21NO3/c1-11(2)8-12(5-4-10(13)14)6-9(11)7-15-3/h9H,4-8H2,1-3H3,(H,13,14)/t9-/m1/s1. The zero-order chi connectivity index (χ0) is 11.5. The number of carboxylic acids is 1. The van der Waals surface area contributed by atoms with Crippen LogP contribution in [0, 0.1) is 11.3 Å². The minimum absolute atomic E-state index is 0.231. The van der Waals surface area contributed by atoms with Crippen molar-refractivity contribution in [2.24, 2.45) is 11.3 Å². The number of ether oxygens (including phenoxy) is 1. The summed E-state index contributed by atoms with van der Waals surface area (Å²) in [6, 6.07) is 0. The van der Waals surface area contributed by atoms with Gasteiger partial charge >= 0.3 is 5.97 Å². The van der Waals surface area contributed by atoms with Gasteiger partial charge in [-0.2, -0.15) is 0 Å². The summed E-state index contributed by atoms with van der Waals surface area (Å²) in [6.07, 6.45) is 0.232. The highest BCUT2D eigenvalue weighted by atomic mass is 16.5. The first-order valence-electron chi connectivity index (χ1n) is 5.39. The number of carboxylic acid groups (broad SMARTS) is 1. The van der Waals surface area contributed by atoms with Crippen molar-refractivity contribution in [2.75, 3.05) is 33.4 Å². The summed E-state index contributed by atoms with van der Waals surface area (Å²) in [5.41, 5.74) is 0.231. The van der Waals surface area contributed by atoms with Crippen LogP contribution in [0.5, 0.6) is 0 Å². The van der Waals surface area contributed by atoms with Crippen LogP contribution in [0.15, 0.2) is 0 Å². The molecule has 4 heteroatoms. The number of carbonyl (C=O) groups is 1. The molecule has 1 aliphatic heterocycles. The van der Waals surface area contributed by atoms with E-state index in [0.29, 0.717) is 12.5 Å². The van der Waals surface area contributed by atoms with Gasteiger partial charge in [-0.05, 0) is 5.41 Å². The van der Waals surface area contributed by atoms with E-state index < -0.39 is 5.97 Å². The third kappa shape index (κ3) is 3.47. The fourth-order valence-electron chi connectivity index (χ4n) is 2.23. The van der Waals surface area contributed by atoms with Crippen LogP contribution in [0.25, 0.3) is 0 Å². The number of nitrogens with zero attached hydrogens (tertiary/aromatic N) is 1. The Morgan fingerprint density at radius 3 is 2.80 bits per heavy atom. The maximum absolute atomic E-state index is 10.5. The van der Waals surface area contributed by atoms with E-state index >= 15 is 0 Å². The molecule has 1 rings (SSSR count). The highest BCUT2D eigenvalue weighted by Crippen LogP contribution is 2.35. The van der Waals surface area contributed by atoms with E-state index in [1.54, 1.807) is 7.11 Å². The van der Waals surface area contributed by atoms with Gasteiger partial charge in [0.05, 0.1) is 13.0 Å². The molecule has 0 bridgehead atoms. The van der Waals surface area contributed by atoms with Crippen LogP contribution in [0.2, 0.25) is 0 Å². The number of hydrogen-bond donors (Lipinski definition) is 1. The predicted octanol–water partition coefficient (Wildman–Crippen LogP) is 1.07. The van der Waals surface area contributed by atoms with Gasteiger partial charge < -0.3 is 14.7 Å². The van der Waals surface area contributed by atoms with Crippen LogP contribution >= 0.6 is 0 Å². The summed E-state index contributed by atoms with van der Waals surface area (Å²) < 4.78 is 5.19. The fraction of sp³-hybridized carbons (Fsp3) is 0.909. The number of hydrogen-bond acceptors (Lipinski definition) is 3. The molecule has 4 nitrogen and oxygen atoms in total. The van der Waals surface area contributed by atoms with Gasteiger partial charge in [0, 0.05) is 32.7 Å². The Labute approximate surface area is 91.2 Å². The molecule has 0 aromatic carbocycles. The quantitative estimate of drug-likeness (QED) is 0.745. The largest absolute Gasteiger partial charge is 0.481 e. The first-order valence-corrected chi connectivity index (χ1v) is 5.39. The minimum atomic E-state index is -0.719. The molecule has 15 heavy (non-hydrogen) atoms. The Bertz CT molecular complexity index is 228. The van der Waals surface area contributed by atoms with Gasteiger partial charge in [-0.3, -0.25) is 4.79 Å². The third-order valence-electron chi connectivity index (χ3n) is 3.22. The van der Waals surface area contributed by atoms with Crippen LogP contribution < -0.4 is 0 Å². The smallest absolute Gasteiger partial charge is 0.304 e. The molecule has 88 valence electrons. The second-order valence-corrected chi connectivity index (χ2v) is 5.02. The summed E-state index contributed by atoms with van der Waals surface area (Å²) in [6.45, 7) is 7.77. The topological polar surface area (TPSA) is 49.8 Å². The molecular formula is C11H21NO3. The van der Waals surface area contributed by atoms with Gasteiger partial charge in [0.2, 0.25) is 0 Å². The zero-order valence-corrected chi connectivity index (χ0v) is 9.82. The maximum Gasteiger partial charge on any atom is 0.304 e. The van der Waals surface area contributed by atoms with E-state index in [1.807, 2.05) is 0 Å². The summed E-state index contributed by atoms with van der Waals surface area (Å²) in [5.74, 6) is -0.209. The second kappa shape index (κ2) is 4.94. The van der Waals surface area contributed by atoms with Crippen LogP contribution in [0.3, 0.4) is 0 Å². The van der Waals surface area contributed by atoms with Crippen molar-refractivity contribution in [1.82, 2.24) is 4.90 Å². The van der Waals surface area contributed by atoms with Gasteiger partial charge in [0.15, 0.2) is 0 Å². The molecule has 1 saturated heterocycles. The van der Waals surface area contributed by atoms with E-state index in [9.17, 15) is 4.79 Å². The first-order chi connectivity index (χ1) is 6.95. The Hall–Kier alpha value is -0.610. The van der Waals surface area contributed by atoms with Crippen LogP contribution in [-0.2, 0) is 9.53 Å². The zero-order valence-electron chi connectivity index (χ0n) is 9.82. The third-order valence-corrected chi connectivity index (χ3v) is 3.22. The average molecular weight is 215 g/mol. The van der Waals surface area contributed by atoms with E-state index in [0.717, 1.165) is 19.7 Å². The summed E-state index contributed by atoms with van der Waals surface area (Å²) in [7, 11) is 1.72. The molecule has 1 aliphatic rings. The minimum Gasteiger partial charge on any atom is -0.481 e. The lowest BCUT2D eigenvalue weighted by Crippen LogP contribution is -2.26. The molecule has 0 amide bonds. The van der Waals surface area contributed by atoms with Crippen molar-refractivity contribution in [3.8, 4) is 0 Å². The monoisotopic (exact) mass is 215 g/mol. The molecule has 0 unspecified atom stereocenters. The van der Waals surface area contributed by atoms with Crippen molar-refractivity contribution in [1.29, 1.82) is 0 Å². The van der Waals surface area contributed by atoms with Crippen molar-refractivity contribution in [3.05, 3.63) is 0 Å². The molecular weight excluding hydrogens is 194 g/mol. The van der Waals surface area contributed by atoms with Crippen LogP contribution in [-0.4, -0.2) is 49.3 Å². The maximum atomic E-state index is 10.5. The molecule has 0 aromatic heterocycles. The van der Waals surface area contributed by atoms with Crippen molar-refractivity contribution in [2.45, 2.75) is 20.3 Å². The van der Waals surface area contributed by atoms with E-state index in [-0.39, 0.29) is 11.8 Å². The van der Waals surface area contributed by atoms with Gasteiger partial charge in [-0.15, -0.1) is 0 Å². The van der Waals surface area contributed by atoms with E-state index in [4.69, 9.17) is 9.84 Å². The Balaban J connectivity index is 2.43. The highest BCUT2D eigenvalue weighted by Gasteiger charge is 2.38. The lowest BCUT2D eigenvalue weighted by atomic mass is 9.83. The van der Waals surface area contributed by atoms with Gasteiger partial charge in [-0.1, -0.05) is 13.8 Å². The normalized spacial score (nSPS) is 25.7. The highest BCUT2D eigenvalue weighted by molar-refractivity contribution is 5.66. The van der Waals surface area contributed by atoms with E-state index in [2.05, 4.69) is 18.7 Å². The van der Waals surface area contributed by atoms with Crippen LogP contribution in [0.4, 0.5) is 0 Å². The molecule has 0 aromatic rings. The Kier molecular flexibility index (Phi) is 4.11. The molecule has 1 atom stereocenters. The van der Waals surface area contributed by atoms with Gasteiger partial charge in [-0.25, -0.2) is 0 Å². The Morgan fingerprint density at radius 2 is 2.27 bits per heavy atom. The molecule has 0 spiro atoms. The molecule has 1 fully saturated rings. The second-order valence-electron chi connectivity index (χ2n) is 5.02. The first kappa shape index (κ1) is 12.5. The van der Waals surface area contributed by atoms with Crippen molar-refractivity contribution in [3.63, 3.8) is 0 Å². The van der Waals surface area contributed by atoms with Gasteiger partial charge in [0.1, 0.15) is 0 Å². The van der Waals surface area contributed by atoms with Crippen LogP contribution in [0.1, 0.15) is 20.3 Å². The SMILES string of the molecule is COC[C@H]1CN(CCC(=O)O)CC1(C)C. The lowest BCUT2D eigenvalue weighted by molar-refractivity contribution is -0.137. The summed E-state index contributed by atoms with van der Waals surface area (Å²) in [4.78, 5) is 12.7. The van der Waals surface area contributed by atoms with Gasteiger partial charge in [0.25, 0.3) is 0 Å². The molecule has 1 N–H and O–H groups in total. The summed E-state index contributed by atoms with van der Waals surface area (Å²) in [5, 5.41) is 8.62. The molecule has 0 radical (unpaired) electrons.